The van der Waals surface area contributed by atoms with E-state index in [2.05, 4.69) is 31.0 Å². The first-order chi connectivity index (χ1) is 13.4. The molecule has 1 saturated heterocycles. The summed E-state index contributed by atoms with van der Waals surface area (Å²) >= 11 is 0. The molecule has 1 heterocycles. The molecule has 0 radical (unpaired) electrons. The summed E-state index contributed by atoms with van der Waals surface area (Å²) in [6.07, 6.45) is 5.94. The Morgan fingerprint density at radius 3 is 2.43 bits per heavy atom. The van der Waals surface area contributed by atoms with Crippen LogP contribution in [0.2, 0.25) is 0 Å². The summed E-state index contributed by atoms with van der Waals surface area (Å²) < 4.78 is 0. The zero-order valence-electron chi connectivity index (χ0n) is 17.8. The Balaban J connectivity index is 1.39. The van der Waals surface area contributed by atoms with E-state index < -0.39 is 0 Å². The first kappa shape index (κ1) is 21.0. The van der Waals surface area contributed by atoms with Gasteiger partial charge in [-0.05, 0) is 49.1 Å². The summed E-state index contributed by atoms with van der Waals surface area (Å²) in [5.74, 6) is 1.33. The van der Waals surface area contributed by atoms with Gasteiger partial charge in [0, 0.05) is 6.04 Å². The van der Waals surface area contributed by atoms with Gasteiger partial charge in [-0.15, -0.1) is 0 Å². The molecule has 3 N–H and O–H groups in total. The van der Waals surface area contributed by atoms with Crippen LogP contribution in [0, 0.1) is 11.3 Å². The Labute approximate surface area is 170 Å². The zero-order valence-corrected chi connectivity index (χ0v) is 17.8. The molecule has 5 nitrogen and oxygen atoms in total. The Hall–Kier alpha value is -1.75. The predicted molar refractivity (Wildman–Crippen MR) is 114 cm³/mol. The number of piperazine rings is 1. The molecule has 156 valence electrons. The zero-order chi connectivity index (χ0) is 20.1. The van der Waals surface area contributed by atoms with Crippen molar-refractivity contribution in [2.75, 3.05) is 37.6 Å². The molecule has 2 fully saturated rings. The largest absolute Gasteiger partial charge is 0.506 e. The van der Waals surface area contributed by atoms with Crippen LogP contribution in [0.3, 0.4) is 0 Å². The Morgan fingerprint density at radius 1 is 1.18 bits per heavy atom. The molecule has 28 heavy (non-hydrogen) atoms. The number of quaternary nitrogens is 1. The molecule has 5 heteroatoms. The molecule has 0 aromatic heterocycles. The lowest BCUT2D eigenvalue weighted by Crippen LogP contribution is -3.16. The highest BCUT2D eigenvalue weighted by Crippen LogP contribution is 2.40. The van der Waals surface area contributed by atoms with Crippen LogP contribution < -0.4 is 15.1 Å². The van der Waals surface area contributed by atoms with Crippen molar-refractivity contribution in [1.29, 1.82) is 0 Å². The molecule has 3 rings (SSSR count). The van der Waals surface area contributed by atoms with E-state index in [0.717, 1.165) is 50.6 Å². The van der Waals surface area contributed by atoms with Gasteiger partial charge >= 0.3 is 0 Å². The van der Waals surface area contributed by atoms with E-state index in [1.54, 1.807) is 6.07 Å². The molecular weight excluding hydrogens is 350 g/mol. The Kier molecular flexibility index (Phi) is 6.86. The topological polar surface area (TPSA) is 57.0 Å². The summed E-state index contributed by atoms with van der Waals surface area (Å²) in [6, 6.07) is 7.86. The first-order valence-electron chi connectivity index (χ1n) is 11.0. The van der Waals surface area contributed by atoms with Crippen molar-refractivity contribution in [3.05, 3.63) is 24.3 Å². The standard InChI is InChI=1S/C23H37N3O2/c1-4-23(2,3)18-9-11-19(12-10-18)24-22(28)17-25-13-15-26(16-14-25)20-7-5-6-8-21(20)27/h5-8,18-19,27H,4,9-17H2,1-3H3,(H,24,28)/p+1. The van der Waals surface area contributed by atoms with Crippen LogP contribution in [0.25, 0.3) is 0 Å². The van der Waals surface area contributed by atoms with Gasteiger partial charge in [0.1, 0.15) is 5.75 Å². The van der Waals surface area contributed by atoms with Gasteiger partial charge in [0.05, 0.1) is 31.9 Å². The van der Waals surface area contributed by atoms with Gasteiger partial charge in [-0.1, -0.05) is 39.3 Å². The molecule has 1 aromatic carbocycles. The molecule has 1 aliphatic carbocycles. The van der Waals surface area contributed by atoms with Gasteiger partial charge < -0.3 is 20.2 Å². The first-order valence-corrected chi connectivity index (χ1v) is 11.0. The monoisotopic (exact) mass is 388 g/mol. The van der Waals surface area contributed by atoms with Crippen molar-refractivity contribution >= 4 is 11.6 Å². The highest BCUT2D eigenvalue weighted by molar-refractivity contribution is 5.77. The lowest BCUT2D eigenvalue weighted by Gasteiger charge is -2.39. The highest BCUT2D eigenvalue weighted by atomic mass is 16.3. The minimum atomic E-state index is 0.198. The van der Waals surface area contributed by atoms with E-state index >= 15 is 0 Å². The van der Waals surface area contributed by atoms with Gasteiger partial charge in [0.2, 0.25) is 0 Å². The van der Waals surface area contributed by atoms with Crippen LogP contribution in [-0.4, -0.2) is 49.8 Å². The summed E-state index contributed by atoms with van der Waals surface area (Å²) in [7, 11) is 0. The van der Waals surface area contributed by atoms with Crippen molar-refractivity contribution in [2.24, 2.45) is 11.3 Å². The number of para-hydroxylation sites is 2. The number of amides is 1. The van der Waals surface area contributed by atoms with E-state index in [0.29, 0.717) is 23.8 Å². The van der Waals surface area contributed by atoms with Gasteiger partial charge in [0.15, 0.2) is 6.54 Å². The van der Waals surface area contributed by atoms with Crippen molar-refractivity contribution in [3.8, 4) is 5.75 Å². The fourth-order valence-corrected chi connectivity index (χ4v) is 4.79. The second kappa shape index (κ2) is 9.17. The van der Waals surface area contributed by atoms with Crippen LogP contribution >= 0.6 is 0 Å². The number of phenolic OH excluding ortho intramolecular Hbond substituents is 1. The van der Waals surface area contributed by atoms with Crippen LogP contribution in [0.15, 0.2) is 24.3 Å². The van der Waals surface area contributed by atoms with Crippen LogP contribution in [0.4, 0.5) is 5.69 Å². The van der Waals surface area contributed by atoms with Crippen molar-refractivity contribution < 1.29 is 14.8 Å². The molecule has 2 aliphatic rings. The maximum Gasteiger partial charge on any atom is 0.275 e. The van der Waals surface area contributed by atoms with Gasteiger partial charge in [0.25, 0.3) is 5.91 Å². The number of carbonyl (C=O) groups is 1. The van der Waals surface area contributed by atoms with Gasteiger partial charge in [-0.2, -0.15) is 0 Å². The maximum absolute atomic E-state index is 12.5. The molecule has 0 unspecified atom stereocenters. The smallest absolute Gasteiger partial charge is 0.275 e. The van der Waals surface area contributed by atoms with Crippen LogP contribution in [-0.2, 0) is 4.79 Å². The van der Waals surface area contributed by atoms with Gasteiger partial charge in [-0.3, -0.25) is 4.79 Å². The number of carbonyl (C=O) groups excluding carboxylic acids is 1. The SMILES string of the molecule is CCC(C)(C)C1CCC(NC(=O)C[NH+]2CCN(c3ccccc3O)CC2)CC1. The number of hydrogen-bond acceptors (Lipinski definition) is 3. The van der Waals surface area contributed by atoms with Crippen LogP contribution in [0.5, 0.6) is 5.75 Å². The molecule has 1 aromatic rings. The van der Waals surface area contributed by atoms with E-state index in [9.17, 15) is 9.90 Å². The summed E-state index contributed by atoms with van der Waals surface area (Å²) in [5, 5.41) is 13.3. The minimum absolute atomic E-state index is 0.198. The van der Waals surface area contributed by atoms with E-state index in [1.807, 2.05) is 18.2 Å². The molecule has 0 atom stereocenters. The number of nitrogens with zero attached hydrogens (tertiary/aromatic N) is 1. The van der Waals surface area contributed by atoms with E-state index in [-0.39, 0.29) is 5.91 Å². The summed E-state index contributed by atoms with van der Waals surface area (Å²) in [6.45, 7) is 11.2. The van der Waals surface area contributed by atoms with Crippen molar-refractivity contribution in [1.82, 2.24) is 5.32 Å². The third-order valence-corrected chi connectivity index (χ3v) is 7.21. The predicted octanol–water partition coefficient (Wildman–Crippen LogP) is 2.21. The van der Waals surface area contributed by atoms with Crippen molar-refractivity contribution in [2.45, 2.75) is 58.9 Å². The average Bonchev–Trinajstić information content (AvgIpc) is 2.69. The number of anilines is 1. The lowest BCUT2D eigenvalue weighted by atomic mass is 9.69. The number of hydrogen-bond donors (Lipinski definition) is 3. The Morgan fingerprint density at radius 2 is 1.82 bits per heavy atom. The normalized spacial score (nSPS) is 24.2. The number of phenols is 1. The number of aromatic hydroxyl groups is 1. The highest BCUT2D eigenvalue weighted by Gasteiger charge is 2.32. The quantitative estimate of drug-likeness (QED) is 0.700. The number of rotatable bonds is 6. The number of benzene rings is 1. The molecule has 1 saturated carbocycles. The molecule has 0 spiro atoms. The summed E-state index contributed by atoms with van der Waals surface area (Å²) in [4.78, 5) is 16.1. The average molecular weight is 389 g/mol. The maximum atomic E-state index is 12.5. The van der Waals surface area contributed by atoms with E-state index in [1.165, 1.54) is 24.2 Å². The fourth-order valence-electron chi connectivity index (χ4n) is 4.79. The third kappa shape index (κ3) is 5.19. The summed E-state index contributed by atoms with van der Waals surface area (Å²) in [5.41, 5.74) is 1.32. The second-order valence-corrected chi connectivity index (χ2v) is 9.36. The molecular formula is C23H38N3O2+. The van der Waals surface area contributed by atoms with Crippen molar-refractivity contribution in [3.63, 3.8) is 0 Å². The van der Waals surface area contributed by atoms with Gasteiger partial charge in [-0.25, -0.2) is 0 Å². The van der Waals surface area contributed by atoms with E-state index in [4.69, 9.17) is 0 Å². The Bertz CT molecular complexity index is 645. The molecule has 1 aliphatic heterocycles. The third-order valence-electron chi connectivity index (χ3n) is 7.21. The minimum Gasteiger partial charge on any atom is -0.506 e. The lowest BCUT2D eigenvalue weighted by molar-refractivity contribution is -0.892. The molecule has 0 bridgehead atoms. The second-order valence-electron chi connectivity index (χ2n) is 9.36. The fraction of sp³-hybridized carbons (Fsp3) is 0.696. The van der Waals surface area contributed by atoms with Crippen LogP contribution in [0.1, 0.15) is 52.9 Å². The number of nitrogens with one attached hydrogen (secondary N) is 2. The molecule has 1 amide bonds.